The lowest BCUT2D eigenvalue weighted by molar-refractivity contribution is 0.122. The zero-order chi connectivity index (χ0) is 18.2. The lowest BCUT2D eigenvalue weighted by atomic mass is 10.0. The topological polar surface area (TPSA) is 37.4 Å². The van der Waals surface area contributed by atoms with Gasteiger partial charge in [0.2, 0.25) is 0 Å². The van der Waals surface area contributed by atoms with Gasteiger partial charge in [-0.05, 0) is 68.1 Å². The molecule has 4 nitrogen and oxygen atoms in total. The van der Waals surface area contributed by atoms with Crippen molar-refractivity contribution in [3.63, 3.8) is 0 Å². The first kappa shape index (κ1) is 19.0. The van der Waals surface area contributed by atoms with Crippen molar-refractivity contribution in [2.45, 2.75) is 26.2 Å². The Labute approximate surface area is 172 Å². The van der Waals surface area contributed by atoms with Gasteiger partial charge in [-0.3, -0.25) is 4.98 Å². The number of pyridine rings is 1. The average Bonchev–Trinajstić information content (AvgIpc) is 3.18. The van der Waals surface area contributed by atoms with Crippen molar-refractivity contribution in [3.8, 4) is 0 Å². The molecular formula is C23H26ClN3O. The maximum Gasteiger partial charge on any atom is 0.0726 e. The Bertz CT molecular complexity index is 981. The van der Waals surface area contributed by atoms with Crippen LogP contribution in [-0.4, -0.2) is 31.3 Å². The number of aryl methyl sites for hydroxylation is 2. The molecule has 1 fully saturated rings. The van der Waals surface area contributed by atoms with Gasteiger partial charge in [0.1, 0.15) is 0 Å². The molecule has 1 aliphatic carbocycles. The van der Waals surface area contributed by atoms with E-state index in [1.54, 1.807) is 0 Å². The number of hydrogen-bond acceptors (Lipinski definition) is 4. The minimum absolute atomic E-state index is 0. The number of hydrogen-bond donors (Lipinski definition) is 1. The van der Waals surface area contributed by atoms with Gasteiger partial charge in [-0.25, -0.2) is 0 Å². The third kappa shape index (κ3) is 3.54. The van der Waals surface area contributed by atoms with E-state index in [0.29, 0.717) is 0 Å². The highest BCUT2D eigenvalue weighted by molar-refractivity contribution is 5.96. The molecule has 28 heavy (non-hydrogen) atoms. The van der Waals surface area contributed by atoms with Crippen molar-refractivity contribution in [1.29, 1.82) is 0 Å². The van der Waals surface area contributed by atoms with Crippen LogP contribution in [0.1, 0.15) is 23.2 Å². The molecule has 1 aromatic heterocycles. The Kier molecular flexibility index (Phi) is 5.42. The second-order valence-corrected chi connectivity index (χ2v) is 7.56. The Morgan fingerprint density at radius 3 is 2.57 bits per heavy atom. The molecular weight excluding hydrogens is 370 g/mol. The van der Waals surface area contributed by atoms with E-state index in [9.17, 15) is 0 Å². The van der Waals surface area contributed by atoms with Crippen LogP contribution in [0, 0.1) is 6.92 Å². The Morgan fingerprint density at radius 2 is 1.79 bits per heavy atom. The Hall–Kier alpha value is -2.30. The van der Waals surface area contributed by atoms with Crippen molar-refractivity contribution < 1.29 is 4.74 Å². The molecule has 146 valence electrons. The van der Waals surface area contributed by atoms with Gasteiger partial charge in [0.25, 0.3) is 0 Å². The summed E-state index contributed by atoms with van der Waals surface area (Å²) in [6, 6.07) is 15.4. The smallest absolute Gasteiger partial charge is 0.0726 e. The zero-order valence-corrected chi connectivity index (χ0v) is 17.0. The van der Waals surface area contributed by atoms with E-state index in [1.807, 2.05) is 0 Å². The molecule has 0 saturated carbocycles. The van der Waals surface area contributed by atoms with Gasteiger partial charge >= 0.3 is 0 Å². The predicted octanol–water partition coefficient (Wildman–Crippen LogP) is 5.03. The SMILES string of the molecule is Cc1ccc2nc3c(c(Nc4ccc(N5CCOCC5)cc4)c2c1)CCC3.Cl. The standard InChI is InChI=1S/C23H25N3O.ClH/c1-16-5-10-22-20(15-16)23(19-3-2-4-21(19)25-22)24-17-6-8-18(9-7-17)26-11-13-27-14-12-26;/h5-10,15H,2-4,11-14H2,1H3,(H,24,25);1H. The van der Waals surface area contributed by atoms with Crippen LogP contribution in [0.5, 0.6) is 0 Å². The van der Waals surface area contributed by atoms with Crippen LogP contribution in [0.2, 0.25) is 0 Å². The Morgan fingerprint density at radius 1 is 1.00 bits per heavy atom. The second-order valence-electron chi connectivity index (χ2n) is 7.56. The van der Waals surface area contributed by atoms with Crippen LogP contribution in [-0.2, 0) is 17.6 Å². The summed E-state index contributed by atoms with van der Waals surface area (Å²) in [7, 11) is 0. The van der Waals surface area contributed by atoms with Crippen molar-refractivity contribution >= 4 is 40.4 Å². The summed E-state index contributed by atoms with van der Waals surface area (Å²) in [6.45, 7) is 5.71. The number of nitrogens with one attached hydrogen (secondary N) is 1. The molecule has 2 aliphatic rings. The number of anilines is 3. The van der Waals surface area contributed by atoms with Gasteiger partial charge in [-0.15, -0.1) is 12.4 Å². The molecule has 0 unspecified atom stereocenters. The first-order chi connectivity index (χ1) is 13.3. The molecule has 0 radical (unpaired) electrons. The van der Waals surface area contributed by atoms with Gasteiger partial charge in [-0.1, -0.05) is 11.6 Å². The van der Waals surface area contributed by atoms with E-state index in [1.165, 1.54) is 40.0 Å². The summed E-state index contributed by atoms with van der Waals surface area (Å²) in [5.74, 6) is 0. The van der Waals surface area contributed by atoms with Gasteiger partial charge in [-0.2, -0.15) is 0 Å². The average molecular weight is 396 g/mol. The van der Waals surface area contributed by atoms with Crippen LogP contribution < -0.4 is 10.2 Å². The van der Waals surface area contributed by atoms with Crippen molar-refractivity contribution in [2.75, 3.05) is 36.5 Å². The fraction of sp³-hybridized carbons (Fsp3) is 0.348. The van der Waals surface area contributed by atoms with E-state index in [0.717, 1.165) is 50.3 Å². The third-order valence-electron chi connectivity index (χ3n) is 5.68. The Balaban J connectivity index is 0.00000192. The van der Waals surface area contributed by atoms with Gasteiger partial charge in [0, 0.05) is 35.5 Å². The van der Waals surface area contributed by atoms with Crippen LogP contribution in [0.15, 0.2) is 42.5 Å². The quantitative estimate of drug-likeness (QED) is 0.674. The minimum Gasteiger partial charge on any atom is -0.378 e. The molecule has 1 saturated heterocycles. The van der Waals surface area contributed by atoms with E-state index >= 15 is 0 Å². The predicted molar refractivity (Wildman–Crippen MR) is 119 cm³/mol. The molecule has 5 rings (SSSR count). The number of aromatic nitrogens is 1. The maximum absolute atomic E-state index is 5.46. The van der Waals surface area contributed by atoms with Gasteiger partial charge in [0.15, 0.2) is 0 Å². The summed E-state index contributed by atoms with van der Waals surface area (Å²) in [5.41, 5.74) is 8.67. The monoisotopic (exact) mass is 395 g/mol. The number of morpholine rings is 1. The molecule has 3 aromatic rings. The third-order valence-corrected chi connectivity index (χ3v) is 5.68. The van der Waals surface area contributed by atoms with Gasteiger partial charge in [0.05, 0.1) is 24.4 Å². The highest BCUT2D eigenvalue weighted by atomic mass is 35.5. The molecule has 0 atom stereocenters. The summed E-state index contributed by atoms with van der Waals surface area (Å²) in [5, 5.41) is 4.95. The molecule has 5 heteroatoms. The van der Waals surface area contributed by atoms with Crippen LogP contribution >= 0.6 is 12.4 Å². The van der Waals surface area contributed by atoms with Crippen LogP contribution in [0.3, 0.4) is 0 Å². The highest BCUT2D eigenvalue weighted by Crippen LogP contribution is 2.36. The van der Waals surface area contributed by atoms with Crippen LogP contribution in [0.4, 0.5) is 17.1 Å². The summed E-state index contributed by atoms with van der Waals surface area (Å²) in [6.07, 6.45) is 3.40. The number of halogens is 1. The van der Waals surface area contributed by atoms with Crippen molar-refractivity contribution in [1.82, 2.24) is 4.98 Å². The highest BCUT2D eigenvalue weighted by Gasteiger charge is 2.20. The van der Waals surface area contributed by atoms with Crippen LogP contribution in [0.25, 0.3) is 10.9 Å². The van der Waals surface area contributed by atoms with E-state index < -0.39 is 0 Å². The molecule has 2 heterocycles. The maximum atomic E-state index is 5.46. The lowest BCUT2D eigenvalue weighted by Gasteiger charge is -2.29. The first-order valence-corrected chi connectivity index (χ1v) is 9.90. The fourth-order valence-corrected chi connectivity index (χ4v) is 4.24. The number of fused-ring (bicyclic) bond motifs is 2. The molecule has 1 aliphatic heterocycles. The second kappa shape index (κ2) is 7.98. The largest absolute Gasteiger partial charge is 0.378 e. The van der Waals surface area contributed by atoms with E-state index in [4.69, 9.17) is 9.72 Å². The summed E-state index contributed by atoms with van der Waals surface area (Å²) < 4.78 is 5.46. The molecule has 0 spiro atoms. The first-order valence-electron chi connectivity index (χ1n) is 9.90. The fourth-order valence-electron chi connectivity index (χ4n) is 4.24. The summed E-state index contributed by atoms with van der Waals surface area (Å²) >= 11 is 0. The number of ether oxygens (including phenoxy) is 1. The molecule has 0 amide bonds. The van der Waals surface area contributed by atoms with E-state index in [-0.39, 0.29) is 12.4 Å². The lowest BCUT2D eigenvalue weighted by Crippen LogP contribution is -2.36. The number of rotatable bonds is 3. The summed E-state index contributed by atoms with van der Waals surface area (Å²) in [4.78, 5) is 7.30. The molecule has 2 aromatic carbocycles. The molecule has 0 bridgehead atoms. The van der Waals surface area contributed by atoms with Gasteiger partial charge < -0.3 is 15.0 Å². The molecule has 1 N–H and O–H groups in total. The zero-order valence-electron chi connectivity index (χ0n) is 16.2. The number of nitrogens with zero attached hydrogens (tertiary/aromatic N) is 2. The van der Waals surface area contributed by atoms with Crippen molar-refractivity contribution in [3.05, 3.63) is 59.3 Å². The number of benzene rings is 2. The minimum atomic E-state index is 0. The normalized spacial score (nSPS) is 16.0. The van der Waals surface area contributed by atoms with E-state index in [2.05, 4.69) is 59.6 Å². The van der Waals surface area contributed by atoms with Crippen molar-refractivity contribution in [2.24, 2.45) is 0 Å².